The average Bonchev–Trinajstić information content (AvgIpc) is 3.51. The fourth-order valence-electron chi connectivity index (χ4n) is 10.5. The third-order valence-corrected chi connectivity index (χ3v) is 17.4. The summed E-state index contributed by atoms with van der Waals surface area (Å²) in [5.41, 5.74) is 1.44. The maximum atomic E-state index is 14.8. The Morgan fingerprint density at radius 2 is 0.850 bits per heavy atom. The quantitative estimate of drug-likeness (QED) is 0.0732. The molecule has 6 aliphatic rings. The fourth-order valence-corrected chi connectivity index (χ4v) is 12.6. The molecule has 80 heavy (non-hydrogen) atoms. The predicted molar refractivity (Wildman–Crippen MR) is 286 cm³/mol. The van der Waals surface area contributed by atoms with Crippen LogP contribution in [-0.2, 0) is 40.0 Å². The van der Waals surface area contributed by atoms with Gasteiger partial charge in [-0.05, 0) is 101 Å². The molecule has 444 valence electrons. The molecule has 4 aliphatic heterocycles. The Kier molecular flexibility index (Phi) is 23.5. The topological polar surface area (TPSA) is 234 Å². The second-order valence-electron chi connectivity index (χ2n) is 20.2. The lowest BCUT2D eigenvalue weighted by molar-refractivity contribution is -0.193. The summed E-state index contributed by atoms with van der Waals surface area (Å²) < 4.78 is 115. The van der Waals surface area contributed by atoms with Crippen molar-refractivity contribution in [3.05, 3.63) is 68.3 Å². The number of carboxylic acid groups (broad SMARTS) is 2. The molecule has 6 heterocycles. The smallest absolute Gasteiger partial charge is 0.475 e. The van der Waals surface area contributed by atoms with E-state index in [1.807, 2.05) is 12.1 Å². The number of alkyl halides is 6. The number of hydrogen-bond donors (Lipinski definition) is 6. The van der Waals surface area contributed by atoms with E-state index in [1.54, 1.807) is 23.5 Å². The fraction of sp³-hybridized carbons (Fsp3) is 0.654. The lowest BCUT2D eigenvalue weighted by Crippen LogP contribution is -2.46. The molecule has 0 bridgehead atoms. The summed E-state index contributed by atoms with van der Waals surface area (Å²) >= 11 is 3.57. The molecule has 0 unspecified atom stereocenters. The number of thioether (sulfide) groups is 2. The molecule has 10 rings (SSSR count). The van der Waals surface area contributed by atoms with Crippen molar-refractivity contribution in [1.82, 2.24) is 29.7 Å². The molecule has 0 spiro atoms. The highest BCUT2D eigenvalue weighted by atomic mass is 32.2. The van der Waals surface area contributed by atoms with Crippen molar-refractivity contribution in [3.8, 4) is 0 Å². The van der Waals surface area contributed by atoms with Crippen LogP contribution >= 0.6 is 23.5 Å². The molecular formula is C52H68F8N8O10S2. The summed E-state index contributed by atoms with van der Waals surface area (Å²) in [6, 6.07) is 8.38. The van der Waals surface area contributed by atoms with E-state index in [1.165, 1.54) is 12.1 Å². The molecule has 6 fully saturated rings. The third kappa shape index (κ3) is 19.1. The van der Waals surface area contributed by atoms with Crippen LogP contribution in [0.3, 0.4) is 0 Å². The van der Waals surface area contributed by atoms with Crippen molar-refractivity contribution in [1.29, 1.82) is 0 Å². The minimum absolute atomic E-state index is 0.0383. The number of H-pyrrole nitrogens is 2. The van der Waals surface area contributed by atoms with Gasteiger partial charge in [-0.2, -0.15) is 49.9 Å². The monoisotopic (exact) mass is 1180 g/mol. The van der Waals surface area contributed by atoms with Gasteiger partial charge in [-0.15, -0.1) is 0 Å². The Balaban J connectivity index is 0.000000187. The van der Waals surface area contributed by atoms with Crippen molar-refractivity contribution < 1.29 is 73.9 Å². The summed E-state index contributed by atoms with van der Waals surface area (Å²) in [6.45, 7) is 10.5. The van der Waals surface area contributed by atoms with E-state index in [-0.39, 0.29) is 10.8 Å². The number of aromatic nitrogens is 4. The second-order valence-corrected chi connectivity index (χ2v) is 22.8. The van der Waals surface area contributed by atoms with E-state index in [4.69, 9.17) is 38.7 Å². The summed E-state index contributed by atoms with van der Waals surface area (Å²) in [5, 5.41) is 22.4. The van der Waals surface area contributed by atoms with Crippen LogP contribution in [0.15, 0.2) is 33.9 Å². The lowest BCUT2D eigenvalue weighted by Gasteiger charge is -2.39. The van der Waals surface area contributed by atoms with Gasteiger partial charge in [0.2, 0.25) is 0 Å². The third-order valence-electron chi connectivity index (χ3n) is 14.6. The van der Waals surface area contributed by atoms with Crippen LogP contribution in [0, 0.1) is 11.6 Å². The van der Waals surface area contributed by atoms with Gasteiger partial charge in [0.05, 0.1) is 49.0 Å². The number of morpholine rings is 2. The number of ether oxygens (including phenoxy) is 4. The number of benzene rings is 2. The van der Waals surface area contributed by atoms with Crippen LogP contribution in [0.1, 0.15) is 88.7 Å². The van der Waals surface area contributed by atoms with Gasteiger partial charge < -0.3 is 49.8 Å². The molecule has 0 amide bonds. The van der Waals surface area contributed by atoms with E-state index in [9.17, 15) is 44.7 Å². The molecule has 0 atom stereocenters. The molecule has 2 saturated carbocycles. The van der Waals surface area contributed by atoms with Gasteiger partial charge >= 0.3 is 24.3 Å². The molecule has 2 aliphatic carbocycles. The lowest BCUT2D eigenvalue weighted by atomic mass is 9.89. The van der Waals surface area contributed by atoms with Crippen LogP contribution in [-0.4, -0.2) is 178 Å². The van der Waals surface area contributed by atoms with Gasteiger partial charge in [-0.3, -0.25) is 19.4 Å². The van der Waals surface area contributed by atoms with E-state index < -0.39 is 47.0 Å². The number of nitrogens with zero attached hydrogens (tertiary/aromatic N) is 4. The number of rotatable bonds is 12. The summed E-state index contributed by atoms with van der Waals surface area (Å²) in [5.74, 6) is -4.12. The molecular weight excluding hydrogens is 1110 g/mol. The Bertz CT molecular complexity index is 2570. The summed E-state index contributed by atoms with van der Waals surface area (Å²) in [6.07, 6.45) is 2.65. The molecule has 0 radical (unpaired) electrons. The Labute approximate surface area is 464 Å². The van der Waals surface area contributed by atoms with E-state index in [0.717, 1.165) is 156 Å². The Morgan fingerprint density at radius 1 is 0.537 bits per heavy atom. The number of anilines is 2. The van der Waals surface area contributed by atoms with Crippen molar-refractivity contribution >= 4 is 68.6 Å². The number of carbonyl (C=O) groups is 2. The van der Waals surface area contributed by atoms with E-state index in [2.05, 4.69) is 40.4 Å². The zero-order valence-electron chi connectivity index (χ0n) is 43.9. The van der Waals surface area contributed by atoms with Gasteiger partial charge in [-0.1, -0.05) is 0 Å². The first kappa shape index (κ1) is 62.8. The van der Waals surface area contributed by atoms with Crippen molar-refractivity contribution in [2.24, 2.45) is 0 Å². The first-order valence-corrected chi connectivity index (χ1v) is 28.9. The number of fused-ring (bicyclic) bond motifs is 2. The predicted octanol–water partition coefficient (Wildman–Crippen LogP) is 8.33. The normalized spacial score (nSPS) is 22.9. The molecule has 4 saturated heterocycles. The van der Waals surface area contributed by atoms with Gasteiger partial charge in [0.15, 0.2) is 0 Å². The first-order chi connectivity index (χ1) is 38.2. The van der Waals surface area contributed by atoms with Crippen LogP contribution in [0.25, 0.3) is 21.8 Å². The van der Waals surface area contributed by atoms with E-state index in [0.29, 0.717) is 80.2 Å². The molecule has 2 aromatic carbocycles. The molecule has 4 aromatic rings. The zero-order valence-corrected chi connectivity index (χ0v) is 45.6. The van der Waals surface area contributed by atoms with Gasteiger partial charge in [-0.25, -0.2) is 28.3 Å². The van der Waals surface area contributed by atoms with Crippen LogP contribution in [0.5, 0.6) is 0 Å². The van der Waals surface area contributed by atoms with Crippen molar-refractivity contribution in [3.63, 3.8) is 0 Å². The number of nitrogens with one attached hydrogen (secondary N) is 4. The molecule has 28 heteroatoms. The zero-order chi connectivity index (χ0) is 57.4. The van der Waals surface area contributed by atoms with Gasteiger partial charge in [0, 0.05) is 98.6 Å². The first-order valence-electron chi connectivity index (χ1n) is 26.8. The van der Waals surface area contributed by atoms with Crippen molar-refractivity contribution in [2.75, 3.05) is 89.7 Å². The van der Waals surface area contributed by atoms with E-state index >= 15 is 0 Å². The van der Waals surface area contributed by atoms with Gasteiger partial charge in [0.1, 0.15) is 34.1 Å². The number of carboxylic acids is 2. The highest BCUT2D eigenvalue weighted by Gasteiger charge is 2.39. The number of halogens is 8. The minimum Gasteiger partial charge on any atom is -0.475 e. The van der Waals surface area contributed by atoms with Crippen LogP contribution in [0.2, 0.25) is 0 Å². The largest absolute Gasteiger partial charge is 0.490 e. The van der Waals surface area contributed by atoms with Crippen LogP contribution in [0.4, 0.5) is 46.5 Å². The summed E-state index contributed by atoms with van der Waals surface area (Å²) in [4.78, 5) is 62.8. The Morgan fingerprint density at radius 3 is 1.16 bits per heavy atom. The second kappa shape index (κ2) is 29.9. The number of aliphatic carboxylic acids is 2. The minimum atomic E-state index is -5.08. The Hall–Kier alpha value is -4.84. The average molecular weight is 1180 g/mol. The number of hydrogen-bond acceptors (Lipinski definition) is 16. The maximum absolute atomic E-state index is 14.8. The highest BCUT2D eigenvalue weighted by Crippen LogP contribution is 2.32. The highest BCUT2D eigenvalue weighted by molar-refractivity contribution is 7.99. The molecule has 18 nitrogen and oxygen atoms in total. The van der Waals surface area contributed by atoms with Gasteiger partial charge in [0.25, 0.3) is 11.1 Å². The summed E-state index contributed by atoms with van der Waals surface area (Å²) in [7, 11) is 0. The van der Waals surface area contributed by atoms with Crippen molar-refractivity contribution in [2.45, 2.75) is 136 Å². The standard InChI is InChI=1S/2C24H33FN4O3S.2C2HF3O2/c2*25-20-13-17(26-16-1-3-18(4-2-16)29-7-11-32-12-8-29)14-21-23(20)24(30)28-22(27-21)15-33-19-5-9-31-10-6-19;2*3-2(4,5)1(6)7/h2*13-14,16,18-19,26H,1-12,15H2,(H,27,28,30);2*(H,6,7). The SMILES string of the molecule is O=C(O)C(F)(F)F.O=C(O)C(F)(F)F.O=c1[nH]c(CSC2CCOCC2)nc2cc(NC3CCC(N4CCOCC4)CC3)cc(F)c12.O=c1[nH]c(CSC2CCOCC2)nc2cc(NC3CCC(N4CCOCC4)CC3)cc(F)c12. The molecule has 6 N–H and O–H groups in total. The van der Waals surface area contributed by atoms with Crippen LogP contribution < -0.4 is 21.8 Å². The maximum Gasteiger partial charge on any atom is 0.490 e. The number of aromatic amines is 2. The molecule has 2 aromatic heterocycles.